The lowest BCUT2D eigenvalue weighted by atomic mass is 10.1. The van der Waals surface area contributed by atoms with E-state index in [1.807, 2.05) is 0 Å². The summed E-state index contributed by atoms with van der Waals surface area (Å²) in [4.78, 5) is 0.163. The summed E-state index contributed by atoms with van der Waals surface area (Å²) in [5.74, 6) is 2.73. The Kier molecular flexibility index (Phi) is 3.45. The molecular formula is C11H13NO3S. The van der Waals surface area contributed by atoms with Crippen molar-refractivity contribution in [2.24, 2.45) is 0 Å². The molecule has 5 heteroatoms. The Balaban J connectivity index is 3.59. The number of rotatable bonds is 3. The molecule has 16 heavy (non-hydrogen) atoms. The summed E-state index contributed by atoms with van der Waals surface area (Å²) in [6, 6.07) is 2.94. The van der Waals surface area contributed by atoms with Crippen molar-refractivity contribution in [1.29, 1.82) is 0 Å². The topological polar surface area (TPSA) is 69.4 Å². The van der Waals surface area contributed by atoms with Crippen LogP contribution in [-0.4, -0.2) is 21.8 Å². The number of terminal acetylenes is 1. The first kappa shape index (κ1) is 12.4. The summed E-state index contributed by atoms with van der Waals surface area (Å²) in [5, 5.41) is 0. The van der Waals surface area contributed by atoms with Gasteiger partial charge in [0.05, 0.1) is 17.7 Å². The summed E-state index contributed by atoms with van der Waals surface area (Å²) >= 11 is 0. The zero-order chi connectivity index (χ0) is 12.3. The molecule has 0 radical (unpaired) electrons. The fourth-order valence-corrected chi connectivity index (χ4v) is 2.41. The van der Waals surface area contributed by atoms with Gasteiger partial charge in [-0.15, -0.1) is 12.3 Å². The van der Waals surface area contributed by atoms with E-state index >= 15 is 0 Å². The summed E-state index contributed by atoms with van der Waals surface area (Å²) in [7, 11) is -1.91. The van der Waals surface area contributed by atoms with E-state index < -0.39 is 9.84 Å². The van der Waals surface area contributed by atoms with E-state index in [9.17, 15) is 8.42 Å². The minimum atomic E-state index is -3.34. The molecule has 0 bridgehead atoms. The maximum Gasteiger partial charge on any atom is 0.175 e. The van der Waals surface area contributed by atoms with E-state index in [4.69, 9.17) is 16.9 Å². The molecule has 0 unspecified atom stereocenters. The standard InChI is InChI=1S/C11H13NO3S/c1-4-5-8-10(16(3,13)14)7-6-9(12)11(8)15-2/h1,6-7H,5,12H2,2-3H3. The van der Waals surface area contributed by atoms with Gasteiger partial charge in [0.15, 0.2) is 9.84 Å². The van der Waals surface area contributed by atoms with Gasteiger partial charge in [-0.05, 0) is 12.1 Å². The lowest BCUT2D eigenvalue weighted by molar-refractivity contribution is 0.411. The number of nitrogens with two attached hydrogens (primary N) is 1. The molecule has 0 atom stereocenters. The zero-order valence-electron chi connectivity index (χ0n) is 9.15. The lowest BCUT2D eigenvalue weighted by Gasteiger charge is -2.13. The minimum absolute atomic E-state index is 0.163. The van der Waals surface area contributed by atoms with Gasteiger partial charge in [-0.2, -0.15) is 0 Å². The van der Waals surface area contributed by atoms with Crippen LogP contribution in [0.1, 0.15) is 5.56 Å². The molecule has 0 fully saturated rings. The van der Waals surface area contributed by atoms with Gasteiger partial charge in [0, 0.05) is 18.2 Å². The molecule has 0 amide bonds. The quantitative estimate of drug-likeness (QED) is 0.627. The largest absolute Gasteiger partial charge is 0.494 e. The van der Waals surface area contributed by atoms with Crippen molar-refractivity contribution in [1.82, 2.24) is 0 Å². The van der Waals surface area contributed by atoms with E-state index in [0.717, 1.165) is 6.26 Å². The molecule has 2 N–H and O–H groups in total. The highest BCUT2D eigenvalue weighted by Crippen LogP contribution is 2.32. The third-order valence-corrected chi connectivity index (χ3v) is 3.31. The van der Waals surface area contributed by atoms with Crippen molar-refractivity contribution in [3.05, 3.63) is 17.7 Å². The molecule has 0 spiro atoms. The van der Waals surface area contributed by atoms with Gasteiger partial charge in [0.1, 0.15) is 5.75 Å². The molecule has 0 aromatic heterocycles. The highest BCUT2D eigenvalue weighted by molar-refractivity contribution is 7.90. The number of anilines is 1. The molecule has 0 aliphatic rings. The number of hydrogen-bond acceptors (Lipinski definition) is 4. The number of hydrogen-bond donors (Lipinski definition) is 1. The Morgan fingerprint density at radius 3 is 2.56 bits per heavy atom. The molecule has 1 aromatic carbocycles. The third kappa shape index (κ3) is 2.28. The van der Waals surface area contributed by atoms with Crippen molar-refractivity contribution in [3.63, 3.8) is 0 Å². The Hall–Kier alpha value is -1.67. The van der Waals surface area contributed by atoms with Crippen molar-refractivity contribution in [2.45, 2.75) is 11.3 Å². The fourth-order valence-electron chi connectivity index (χ4n) is 1.49. The van der Waals surface area contributed by atoms with Crippen molar-refractivity contribution >= 4 is 15.5 Å². The van der Waals surface area contributed by atoms with Crippen LogP contribution in [0.3, 0.4) is 0 Å². The smallest absolute Gasteiger partial charge is 0.175 e. The first-order valence-electron chi connectivity index (χ1n) is 4.50. The van der Waals surface area contributed by atoms with Crippen molar-refractivity contribution in [2.75, 3.05) is 19.1 Å². The molecule has 0 saturated heterocycles. The van der Waals surface area contributed by atoms with E-state index in [-0.39, 0.29) is 11.3 Å². The number of ether oxygens (including phenoxy) is 1. The normalized spacial score (nSPS) is 10.8. The predicted octanol–water partition coefficient (Wildman–Crippen LogP) is 0.857. The average Bonchev–Trinajstić information content (AvgIpc) is 2.16. The first-order chi connectivity index (χ1) is 7.41. The molecule has 1 rings (SSSR count). The highest BCUT2D eigenvalue weighted by Gasteiger charge is 2.18. The number of nitrogen functional groups attached to an aromatic ring is 1. The van der Waals surface area contributed by atoms with Crippen LogP contribution < -0.4 is 10.5 Å². The SMILES string of the molecule is C#CCc1c(S(C)(=O)=O)ccc(N)c1OC. The van der Waals surface area contributed by atoms with Crippen LogP contribution >= 0.6 is 0 Å². The summed E-state index contributed by atoms with van der Waals surface area (Å²) in [5.41, 5.74) is 6.50. The van der Waals surface area contributed by atoms with Gasteiger partial charge >= 0.3 is 0 Å². The van der Waals surface area contributed by atoms with E-state index in [1.54, 1.807) is 0 Å². The van der Waals surface area contributed by atoms with Crippen LogP contribution in [0.4, 0.5) is 5.69 Å². The first-order valence-corrected chi connectivity index (χ1v) is 6.39. The zero-order valence-corrected chi connectivity index (χ0v) is 9.97. The predicted molar refractivity (Wildman–Crippen MR) is 63.1 cm³/mol. The molecule has 1 aromatic rings. The van der Waals surface area contributed by atoms with Gasteiger partial charge < -0.3 is 10.5 Å². The molecule has 0 aliphatic heterocycles. The van der Waals surface area contributed by atoms with Crippen LogP contribution in [-0.2, 0) is 16.3 Å². The molecule has 86 valence electrons. The Morgan fingerprint density at radius 2 is 2.12 bits per heavy atom. The molecule has 0 aliphatic carbocycles. The number of methoxy groups -OCH3 is 1. The number of sulfone groups is 1. The summed E-state index contributed by atoms with van der Waals surface area (Å²) in [6.07, 6.45) is 6.49. The van der Waals surface area contributed by atoms with Gasteiger partial charge in [-0.1, -0.05) is 0 Å². The molecule has 4 nitrogen and oxygen atoms in total. The van der Waals surface area contributed by atoms with Gasteiger partial charge in [0.2, 0.25) is 0 Å². The second kappa shape index (κ2) is 4.45. The summed E-state index contributed by atoms with van der Waals surface area (Å²) in [6.45, 7) is 0. The molecule has 0 saturated carbocycles. The van der Waals surface area contributed by atoms with Gasteiger partial charge in [-0.3, -0.25) is 0 Å². The Morgan fingerprint density at radius 1 is 1.50 bits per heavy atom. The lowest BCUT2D eigenvalue weighted by Crippen LogP contribution is -2.06. The second-order valence-corrected chi connectivity index (χ2v) is 5.30. The van der Waals surface area contributed by atoms with Crippen LogP contribution in [0.15, 0.2) is 17.0 Å². The van der Waals surface area contributed by atoms with Crippen molar-refractivity contribution in [3.8, 4) is 18.1 Å². The molecular weight excluding hydrogens is 226 g/mol. The minimum Gasteiger partial charge on any atom is -0.494 e. The van der Waals surface area contributed by atoms with Crippen LogP contribution in [0, 0.1) is 12.3 Å². The third-order valence-electron chi connectivity index (χ3n) is 2.13. The Labute approximate surface area is 95.3 Å². The maximum absolute atomic E-state index is 11.5. The fraction of sp³-hybridized carbons (Fsp3) is 0.273. The Bertz CT molecular complexity index is 541. The van der Waals surface area contributed by atoms with Gasteiger partial charge in [0.25, 0.3) is 0 Å². The van der Waals surface area contributed by atoms with E-state index in [2.05, 4.69) is 5.92 Å². The van der Waals surface area contributed by atoms with E-state index in [1.165, 1.54) is 19.2 Å². The average molecular weight is 239 g/mol. The van der Waals surface area contributed by atoms with Crippen LogP contribution in [0.25, 0.3) is 0 Å². The van der Waals surface area contributed by atoms with E-state index in [0.29, 0.717) is 17.0 Å². The van der Waals surface area contributed by atoms with Crippen LogP contribution in [0.5, 0.6) is 5.75 Å². The highest BCUT2D eigenvalue weighted by atomic mass is 32.2. The maximum atomic E-state index is 11.5. The molecule has 0 heterocycles. The van der Waals surface area contributed by atoms with Crippen molar-refractivity contribution < 1.29 is 13.2 Å². The monoisotopic (exact) mass is 239 g/mol. The summed E-state index contributed by atoms with van der Waals surface area (Å²) < 4.78 is 28.2. The number of benzene rings is 1. The van der Waals surface area contributed by atoms with Crippen LogP contribution in [0.2, 0.25) is 0 Å². The van der Waals surface area contributed by atoms with Gasteiger partial charge in [-0.25, -0.2) is 8.42 Å². The second-order valence-electron chi connectivity index (χ2n) is 3.32.